The number of rotatable bonds is 5. The van der Waals surface area contributed by atoms with Gasteiger partial charge < -0.3 is 5.32 Å². The molecular formula is C15H20ClNOS. The Morgan fingerprint density at radius 2 is 2.11 bits per heavy atom. The van der Waals surface area contributed by atoms with Crippen molar-refractivity contribution < 1.29 is 4.79 Å². The molecule has 4 heteroatoms. The van der Waals surface area contributed by atoms with Gasteiger partial charge in [-0.25, -0.2) is 0 Å². The molecule has 104 valence electrons. The molecule has 19 heavy (non-hydrogen) atoms. The molecule has 1 aliphatic rings. The fourth-order valence-corrected chi connectivity index (χ4v) is 3.74. The molecule has 2 unspecified atom stereocenters. The Balaban J connectivity index is 1.94. The Labute approximate surface area is 124 Å². The van der Waals surface area contributed by atoms with Gasteiger partial charge >= 0.3 is 0 Å². The minimum Gasteiger partial charge on any atom is -0.352 e. The lowest BCUT2D eigenvalue weighted by Crippen LogP contribution is -2.31. The number of hydrogen-bond donors (Lipinski definition) is 1. The molecule has 1 amide bonds. The highest BCUT2D eigenvalue weighted by molar-refractivity contribution is 7.98. The number of benzene rings is 1. The zero-order valence-electron chi connectivity index (χ0n) is 11.2. The molecule has 1 aromatic carbocycles. The quantitative estimate of drug-likeness (QED) is 0.662. The number of halogens is 1. The summed E-state index contributed by atoms with van der Waals surface area (Å²) in [5.74, 6) is 1.85. The third-order valence-electron chi connectivity index (χ3n) is 3.89. The molecule has 1 N–H and O–H groups in total. The average Bonchev–Trinajstić information content (AvgIpc) is 2.92. The molecule has 2 nitrogen and oxygen atoms in total. The van der Waals surface area contributed by atoms with Gasteiger partial charge in [-0.15, -0.1) is 23.4 Å². The van der Waals surface area contributed by atoms with Crippen LogP contribution in [-0.2, 0) is 0 Å². The Hall–Kier alpha value is -0.670. The first-order valence-electron chi connectivity index (χ1n) is 6.73. The monoisotopic (exact) mass is 297 g/mol. The van der Waals surface area contributed by atoms with Crippen LogP contribution in [0.25, 0.3) is 0 Å². The van der Waals surface area contributed by atoms with Gasteiger partial charge in [-0.3, -0.25) is 4.79 Å². The molecular weight excluding hydrogens is 278 g/mol. The van der Waals surface area contributed by atoms with Gasteiger partial charge in [-0.2, -0.15) is 0 Å². The van der Waals surface area contributed by atoms with Crippen molar-refractivity contribution in [3.8, 4) is 0 Å². The van der Waals surface area contributed by atoms with Gasteiger partial charge in [0.15, 0.2) is 0 Å². The number of amides is 1. The standard InChI is InChI=1S/C15H20ClNOS/c1-19-14-8-3-2-7-13(14)15(18)17-10-12-6-4-5-11(12)9-16/h2-3,7-8,11-12H,4-6,9-10H2,1H3,(H,17,18). The van der Waals surface area contributed by atoms with Gasteiger partial charge in [0.1, 0.15) is 0 Å². The summed E-state index contributed by atoms with van der Waals surface area (Å²) in [5, 5.41) is 3.07. The summed E-state index contributed by atoms with van der Waals surface area (Å²) >= 11 is 7.57. The highest BCUT2D eigenvalue weighted by atomic mass is 35.5. The summed E-state index contributed by atoms with van der Waals surface area (Å²) in [6.07, 6.45) is 5.61. The van der Waals surface area contributed by atoms with E-state index in [4.69, 9.17) is 11.6 Å². The molecule has 0 aromatic heterocycles. The summed E-state index contributed by atoms with van der Waals surface area (Å²) in [6.45, 7) is 0.749. The van der Waals surface area contributed by atoms with Gasteiger partial charge in [0.25, 0.3) is 5.91 Å². The Morgan fingerprint density at radius 1 is 1.37 bits per heavy atom. The van der Waals surface area contributed by atoms with Gasteiger partial charge in [0.2, 0.25) is 0 Å². The van der Waals surface area contributed by atoms with Crippen LogP contribution in [-0.4, -0.2) is 24.6 Å². The summed E-state index contributed by atoms with van der Waals surface area (Å²) in [4.78, 5) is 13.2. The molecule has 0 heterocycles. The van der Waals surface area contributed by atoms with Gasteiger partial charge in [0, 0.05) is 17.3 Å². The summed E-state index contributed by atoms with van der Waals surface area (Å²) in [6, 6.07) is 7.74. The fourth-order valence-electron chi connectivity index (χ4n) is 2.74. The predicted octanol–water partition coefficient (Wildman–Crippen LogP) is 3.79. The molecule has 0 saturated heterocycles. The van der Waals surface area contributed by atoms with Crippen molar-refractivity contribution in [2.45, 2.75) is 24.2 Å². The molecule has 0 aliphatic heterocycles. The molecule has 1 fully saturated rings. The van der Waals surface area contributed by atoms with Gasteiger partial charge in [0.05, 0.1) is 5.56 Å². The number of nitrogens with one attached hydrogen (secondary N) is 1. The Kier molecular flexibility index (Phi) is 5.59. The SMILES string of the molecule is CSc1ccccc1C(=O)NCC1CCCC1CCl. The molecule has 1 aromatic rings. The molecule has 0 bridgehead atoms. The summed E-state index contributed by atoms with van der Waals surface area (Å²) < 4.78 is 0. The Morgan fingerprint density at radius 3 is 2.84 bits per heavy atom. The van der Waals surface area contributed by atoms with Crippen molar-refractivity contribution in [1.29, 1.82) is 0 Å². The van der Waals surface area contributed by atoms with Crippen LogP contribution in [0.1, 0.15) is 29.6 Å². The lowest BCUT2D eigenvalue weighted by atomic mass is 9.98. The van der Waals surface area contributed by atoms with E-state index in [0.717, 1.165) is 17.0 Å². The topological polar surface area (TPSA) is 29.1 Å². The Bertz CT molecular complexity index is 438. The summed E-state index contributed by atoms with van der Waals surface area (Å²) in [5.41, 5.74) is 0.774. The first kappa shape index (κ1) is 14.7. The fraction of sp³-hybridized carbons (Fsp3) is 0.533. The lowest BCUT2D eigenvalue weighted by molar-refractivity contribution is 0.0942. The van der Waals surface area contributed by atoms with E-state index in [0.29, 0.717) is 17.7 Å². The number of hydrogen-bond acceptors (Lipinski definition) is 2. The minimum atomic E-state index is 0.0326. The molecule has 0 radical (unpaired) electrons. The van der Waals surface area contributed by atoms with Crippen molar-refractivity contribution in [2.24, 2.45) is 11.8 Å². The molecule has 0 spiro atoms. The molecule has 2 atom stereocenters. The van der Waals surface area contributed by atoms with Crippen LogP contribution in [0, 0.1) is 11.8 Å². The van der Waals surface area contributed by atoms with Crippen molar-refractivity contribution in [1.82, 2.24) is 5.32 Å². The van der Waals surface area contributed by atoms with E-state index in [1.165, 1.54) is 19.3 Å². The van der Waals surface area contributed by atoms with Crippen molar-refractivity contribution in [2.75, 3.05) is 18.7 Å². The highest BCUT2D eigenvalue weighted by Crippen LogP contribution is 2.32. The van der Waals surface area contributed by atoms with E-state index in [1.54, 1.807) is 11.8 Å². The first-order chi connectivity index (χ1) is 9.26. The second kappa shape index (κ2) is 7.20. The van der Waals surface area contributed by atoms with E-state index in [-0.39, 0.29) is 5.91 Å². The van der Waals surface area contributed by atoms with Crippen molar-refractivity contribution >= 4 is 29.3 Å². The number of carbonyl (C=O) groups excluding carboxylic acids is 1. The van der Waals surface area contributed by atoms with Crippen LogP contribution in [0.2, 0.25) is 0 Å². The predicted molar refractivity (Wildman–Crippen MR) is 82.1 cm³/mol. The lowest BCUT2D eigenvalue weighted by Gasteiger charge is -2.18. The maximum atomic E-state index is 12.2. The maximum Gasteiger partial charge on any atom is 0.252 e. The van der Waals surface area contributed by atoms with E-state index < -0.39 is 0 Å². The zero-order valence-corrected chi connectivity index (χ0v) is 12.8. The minimum absolute atomic E-state index is 0.0326. The van der Waals surface area contributed by atoms with Crippen LogP contribution in [0.3, 0.4) is 0 Å². The van der Waals surface area contributed by atoms with Crippen LogP contribution in [0.5, 0.6) is 0 Å². The highest BCUT2D eigenvalue weighted by Gasteiger charge is 2.26. The largest absolute Gasteiger partial charge is 0.352 e. The normalized spacial score (nSPS) is 22.4. The van der Waals surface area contributed by atoms with E-state index in [9.17, 15) is 4.79 Å². The van der Waals surface area contributed by atoms with Crippen molar-refractivity contribution in [3.05, 3.63) is 29.8 Å². The van der Waals surface area contributed by atoms with Crippen LogP contribution in [0.15, 0.2) is 29.2 Å². The second-order valence-electron chi connectivity index (χ2n) is 5.02. The average molecular weight is 298 g/mol. The number of carbonyl (C=O) groups is 1. The first-order valence-corrected chi connectivity index (χ1v) is 8.49. The zero-order chi connectivity index (χ0) is 13.7. The van der Waals surface area contributed by atoms with Gasteiger partial charge in [-0.1, -0.05) is 18.6 Å². The van der Waals surface area contributed by atoms with Crippen LogP contribution >= 0.6 is 23.4 Å². The smallest absolute Gasteiger partial charge is 0.252 e. The number of thioether (sulfide) groups is 1. The van der Waals surface area contributed by atoms with E-state index in [1.807, 2.05) is 30.5 Å². The molecule has 2 rings (SSSR count). The van der Waals surface area contributed by atoms with E-state index >= 15 is 0 Å². The van der Waals surface area contributed by atoms with Crippen LogP contribution in [0.4, 0.5) is 0 Å². The van der Waals surface area contributed by atoms with Crippen molar-refractivity contribution in [3.63, 3.8) is 0 Å². The maximum absolute atomic E-state index is 12.2. The molecule has 1 saturated carbocycles. The molecule has 1 aliphatic carbocycles. The second-order valence-corrected chi connectivity index (χ2v) is 6.17. The summed E-state index contributed by atoms with van der Waals surface area (Å²) in [7, 11) is 0. The van der Waals surface area contributed by atoms with Crippen LogP contribution < -0.4 is 5.32 Å². The van der Waals surface area contributed by atoms with Gasteiger partial charge in [-0.05, 0) is 43.1 Å². The van der Waals surface area contributed by atoms with E-state index in [2.05, 4.69) is 5.32 Å². The third kappa shape index (κ3) is 3.67. The number of alkyl halides is 1. The third-order valence-corrected chi connectivity index (χ3v) is 5.08.